The number of rotatable bonds is 5. The average Bonchev–Trinajstić information content (AvgIpc) is 3.04. The molecule has 0 radical (unpaired) electrons. The molecule has 0 aliphatic carbocycles. The molecule has 0 aliphatic rings. The standard InChI is InChI=1S/C18H15ClN2O3S2/c1-12-9-10-17(25-12)18(22)20-13-5-4-6-14(11-13)26(23,24)21-16-8-3-2-7-15(16)19/h2-11,21H,1H3,(H,20,22). The summed E-state index contributed by atoms with van der Waals surface area (Å²) in [4.78, 5) is 13.9. The molecule has 2 N–H and O–H groups in total. The Morgan fingerprint density at radius 3 is 2.50 bits per heavy atom. The highest BCUT2D eigenvalue weighted by atomic mass is 35.5. The van der Waals surface area contributed by atoms with Crippen LogP contribution in [0.1, 0.15) is 14.5 Å². The van der Waals surface area contributed by atoms with Crippen LogP contribution < -0.4 is 10.0 Å². The highest BCUT2D eigenvalue weighted by molar-refractivity contribution is 7.92. The van der Waals surface area contributed by atoms with Crippen molar-refractivity contribution in [2.45, 2.75) is 11.8 Å². The van der Waals surface area contributed by atoms with E-state index in [4.69, 9.17) is 11.6 Å². The summed E-state index contributed by atoms with van der Waals surface area (Å²) in [6, 6.07) is 16.2. The Labute approximate surface area is 160 Å². The van der Waals surface area contributed by atoms with E-state index >= 15 is 0 Å². The van der Waals surface area contributed by atoms with Gasteiger partial charge in [0.15, 0.2) is 0 Å². The fraction of sp³-hybridized carbons (Fsp3) is 0.0556. The number of amides is 1. The zero-order valence-electron chi connectivity index (χ0n) is 13.7. The van der Waals surface area contributed by atoms with Gasteiger partial charge in [-0.15, -0.1) is 11.3 Å². The number of thiophene rings is 1. The van der Waals surface area contributed by atoms with Crippen molar-refractivity contribution in [1.29, 1.82) is 0 Å². The third-order valence-electron chi connectivity index (χ3n) is 3.48. The molecule has 0 spiro atoms. The zero-order valence-corrected chi connectivity index (χ0v) is 16.1. The fourth-order valence-corrected chi connectivity index (χ4v) is 4.36. The highest BCUT2D eigenvalue weighted by Crippen LogP contribution is 2.25. The van der Waals surface area contributed by atoms with Gasteiger partial charge in [0.05, 0.1) is 20.5 Å². The van der Waals surface area contributed by atoms with Crippen LogP contribution in [0, 0.1) is 6.92 Å². The van der Waals surface area contributed by atoms with Crippen molar-refractivity contribution < 1.29 is 13.2 Å². The van der Waals surface area contributed by atoms with Gasteiger partial charge in [0.2, 0.25) is 0 Å². The van der Waals surface area contributed by atoms with Crippen molar-refractivity contribution in [1.82, 2.24) is 0 Å². The second-order valence-corrected chi connectivity index (χ2v) is 8.86. The number of para-hydroxylation sites is 1. The van der Waals surface area contributed by atoms with Crippen molar-refractivity contribution in [3.63, 3.8) is 0 Å². The second kappa shape index (κ2) is 7.49. The molecular weight excluding hydrogens is 392 g/mol. The Morgan fingerprint density at radius 2 is 1.81 bits per heavy atom. The Morgan fingerprint density at radius 1 is 1.04 bits per heavy atom. The van der Waals surface area contributed by atoms with Crippen LogP contribution >= 0.6 is 22.9 Å². The number of aryl methyl sites for hydroxylation is 1. The Bertz CT molecular complexity index is 1060. The molecule has 134 valence electrons. The summed E-state index contributed by atoms with van der Waals surface area (Å²) in [5.41, 5.74) is 0.681. The summed E-state index contributed by atoms with van der Waals surface area (Å²) < 4.78 is 27.6. The molecule has 0 saturated heterocycles. The van der Waals surface area contributed by atoms with Gasteiger partial charge < -0.3 is 5.32 Å². The van der Waals surface area contributed by atoms with Crippen LogP contribution in [0.5, 0.6) is 0 Å². The average molecular weight is 407 g/mol. The lowest BCUT2D eigenvalue weighted by molar-refractivity contribution is 0.103. The summed E-state index contributed by atoms with van der Waals surface area (Å²) in [6.07, 6.45) is 0. The van der Waals surface area contributed by atoms with E-state index < -0.39 is 10.0 Å². The molecular formula is C18H15ClN2O3S2. The van der Waals surface area contributed by atoms with Gasteiger partial charge in [0.1, 0.15) is 0 Å². The minimum atomic E-state index is -3.84. The maximum atomic E-state index is 12.6. The molecule has 2 aromatic carbocycles. The number of sulfonamides is 1. The van der Waals surface area contributed by atoms with E-state index in [-0.39, 0.29) is 16.5 Å². The first-order chi connectivity index (χ1) is 12.3. The van der Waals surface area contributed by atoms with Crippen molar-refractivity contribution in [2.24, 2.45) is 0 Å². The van der Waals surface area contributed by atoms with Crippen molar-refractivity contribution in [3.05, 3.63) is 75.4 Å². The van der Waals surface area contributed by atoms with Crippen LogP contribution in [0.15, 0.2) is 65.6 Å². The molecule has 0 unspecified atom stereocenters. The lowest BCUT2D eigenvalue weighted by atomic mass is 10.3. The molecule has 1 aromatic heterocycles. The van der Waals surface area contributed by atoms with E-state index in [0.29, 0.717) is 15.6 Å². The maximum absolute atomic E-state index is 12.6. The minimum absolute atomic E-state index is 0.0255. The normalized spacial score (nSPS) is 11.2. The van der Waals surface area contributed by atoms with E-state index in [1.807, 2.05) is 13.0 Å². The van der Waals surface area contributed by atoms with E-state index in [2.05, 4.69) is 10.0 Å². The molecule has 0 atom stereocenters. The smallest absolute Gasteiger partial charge is 0.265 e. The molecule has 1 amide bonds. The lowest BCUT2D eigenvalue weighted by Gasteiger charge is -2.11. The van der Waals surface area contributed by atoms with Gasteiger partial charge in [-0.3, -0.25) is 9.52 Å². The molecule has 0 saturated carbocycles. The molecule has 5 nitrogen and oxygen atoms in total. The molecule has 0 fully saturated rings. The van der Waals surface area contributed by atoms with Crippen LogP contribution in [0.2, 0.25) is 5.02 Å². The van der Waals surface area contributed by atoms with E-state index in [0.717, 1.165) is 4.88 Å². The van der Waals surface area contributed by atoms with E-state index in [1.54, 1.807) is 42.5 Å². The Kier molecular flexibility index (Phi) is 5.31. The number of hydrogen-bond acceptors (Lipinski definition) is 4. The summed E-state index contributed by atoms with van der Waals surface area (Å²) in [7, 11) is -3.84. The Hall–Kier alpha value is -2.35. The van der Waals surface area contributed by atoms with Gasteiger partial charge in [-0.2, -0.15) is 0 Å². The number of carbonyl (C=O) groups excluding carboxylic acids is 1. The number of carbonyl (C=O) groups is 1. The SMILES string of the molecule is Cc1ccc(C(=O)Nc2cccc(S(=O)(=O)Nc3ccccc3Cl)c2)s1. The molecule has 0 aliphatic heterocycles. The summed E-state index contributed by atoms with van der Waals surface area (Å²) in [6.45, 7) is 1.91. The number of halogens is 1. The molecule has 3 aromatic rings. The van der Waals surface area contributed by atoms with Crippen molar-refractivity contribution >= 4 is 50.2 Å². The number of benzene rings is 2. The first-order valence-electron chi connectivity index (χ1n) is 7.60. The number of hydrogen-bond donors (Lipinski definition) is 2. The largest absolute Gasteiger partial charge is 0.321 e. The first-order valence-corrected chi connectivity index (χ1v) is 10.3. The van der Waals surface area contributed by atoms with Gasteiger partial charge in [-0.05, 0) is 49.4 Å². The molecule has 3 rings (SSSR count). The second-order valence-electron chi connectivity index (χ2n) is 5.48. The van der Waals surface area contributed by atoms with Gasteiger partial charge in [-0.1, -0.05) is 29.8 Å². The van der Waals surface area contributed by atoms with Crippen LogP contribution in [-0.2, 0) is 10.0 Å². The minimum Gasteiger partial charge on any atom is -0.321 e. The third-order valence-corrected chi connectivity index (χ3v) is 6.18. The summed E-state index contributed by atoms with van der Waals surface area (Å²) >= 11 is 7.38. The zero-order chi connectivity index (χ0) is 18.7. The van der Waals surface area contributed by atoms with Gasteiger partial charge >= 0.3 is 0 Å². The predicted octanol–water partition coefficient (Wildman–Crippen LogP) is 4.76. The van der Waals surface area contributed by atoms with Crippen molar-refractivity contribution in [2.75, 3.05) is 10.0 Å². The van der Waals surface area contributed by atoms with Crippen LogP contribution in [0.3, 0.4) is 0 Å². The van der Waals surface area contributed by atoms with Crippen LogP contribution in [0.4, 0.5) is 11.4 Å². The highest BCUT2D eigenvalue weighted by Gasteiger charge is 2.17. The molecule has 26 heavy (non-hydrogen) atoms. The van der Waals surface area contributed by atoms with E-state index in [1.165, 1.54) is 23.5 Å². The van der Waals surface area contributed by atoms with E-state index in [9.17, 15) is 13.2 Å². The monoisotopic (exact) mass is 406 g/mol. The fourth-order valence-electron chi connectivity index (χ4n) is 2.24. The number of anilines is 2. The quantitative estimate of drug-likeness (QED) is 0.641. The van der Waals surface area contributed by atoms with Crippen LogP contribution in [-0.4, -0.2) is 14.3 Å². The summed E-state index contributed by atoms with van der Waals surface area (Å²) in [5.74, 6) is -0.281. The molecule has 8 heteroatoms. The molecule has 0 bridgehead atoms. The van der Waals surface area contributed by atoms with Crippen molar-refractivity contribution in [3.8, 4) is 0 Å². The third kappa shape index (κ3) is 4.24. The maximum Gasteiger partial charge on any atom is 0.265 e. The summed E-state index contributed by atoms with van der Waals surface area (Å²) in [5, 5.41) is 3.01. The first kappa shape index (κ1) is 18.4. The number of nitrogens with one attached hydrogen (secondary N) is 2. The van der Waals surface area contributed by atoms with Gasteiger partial charge in [0.25, 0.3) is 15.9 Å². The molecule has 1 heterocycles. The lowest BCUT2D eigenvalue weighted by Crippen LogP contribution is -2.14. The topological polar surface area (TPSA) is 75.3 Å². The van der Waals surface area contributed by atoms with Gasteiger partial charge in [0, 0.05) is 10.6 Å². The predicted molar refractivity (Wildman–Crippen MR) is 106 cm³/mol. The Balaban J connectivity index is 1.82. The van der Waals surface area contributed by atoms with Crippen LogP contribution in [0.25, 0.3) is 0 Å². The van der Waals surface area contributed by atoms with Gasteiger partial charge in [-0.25, -0.2) is 8.42 Å².